The van der Waals surface area contributed by atoms with Gasteiger partial charge in [0, 0.05) is 13.1 Å². The van der Waals surface area contributed by atoms with Crippen molar-refractivity contribution in [2.45, 2.75) is 32.7 Å². The van der Waals surface area contributed by atoms with Crippen LogP contribution in [0.1, 0.15) is 26.7 Å². The SMILES string of the molecule is CCCN(CC)CCNC(=O)N[C@@H](CC(N)=O)C(=O)O. The second kappa shape index (κ2) is 10.0. The van der Waals surface area contributed by atoms with Crippen molar-refractivity contribution in [1.29, 1.82) is 0 Å². The Morgan fingerprint density at radius 2 is 1.90 bits per heavy atom. The molecule has 0 heterocycles. The Kier molecular flexibility index (Phi) is 9.10. The van der Waals surface area contributed by atoms with Gasteiger partial charge in [0.2, 0.25) is 5.91 Å². The molecule has 20 heavy (non-hydrogen) atoms. The summed E-state index contributed by atoms with van der Waals surface area (Å²) in [6, 6.07) is -1.92. The molecule has 0 aromatic heterocycles. The molecule has 8 nitrogen and oxygen atoms in total. The van der Waals surface area contributed by atoms with Gasteiger partial charge in [0.15, 0.2) is 0 Å². The molecular weight excluding hydrogens is 264 g/mol. The number of carbonyl (C=O) groups is 3. The third-order valence-electron chi connectivity index (χ3n) is 2.71. The van der Waals surface area contributed by atoms with Crippen molar-refractivity contribution in [3.63, 3.8) is 0 Å². The van der Waals surface area contributed by atoms with Crippen molar-refractivity contribution in [2.24, 2.45) is 5.73 Å². The molecule has 0 aromatic carbocycles. The molecule has 0 unspecified atom stereocenters. The Labute approximate surface area is 118 Å². The van der Waals surface area contributed by atoms with E-state index in [1.165, 1.54) is 0 Å². The average molecular weight is 288 g/mol. The Bertz CT molecular complexity index is 335. The number of amides is 3. The molecule has 0 aromatic rings. The highest BCUT2D eigenvalue weighted by Crippen LogP contribution is 1.92. The largest absolute Gasteiger partial charge is 0.480 e. The number of nitrogens with zero attached hydrogens (tertiary/aromatic N) is 1. The standard InChI is InChI=1S/C12H24N4O4/c1-3-6-16(4-2)7-5-14-12(20)15-9(11(18)19)8-10(13)17/h9H,3-8H2,1-2H3,(H2,13,17)(H,18,19)(H2,14,15,20)/t9-/m0/s1. The third kappa shape index (κ3) is 8.30. The quantitative estimate of drug-likeness (QED) is 0.425. The number of hydrogen-bond acceptors (Lipinski definition) is 4. The van der Waals surface area contributed by atoms with Gasteiger partial charge in [-0.05, 0) is 19.5 Å². The van der Waals surface area contributed by atoms with E-state index >= 15 is 0 Å². The van der Waals surface area contributed by atoms with Gasteiger partial charge >= 0.3 is 12.0 Å². The summed E-state index contributed by atoms with van der Waals surface area (Å²) in [5.74, 6) is -2.07. The van der Waals surface area contributed by atoms with E-state index in [0.29, 0.717) is 13.1 Å². The highest BCUT2D eigenvalue weighted by Gasteiger charge is 2.21. The van der Waals surface area contributed by atoms with Crippen LogP contribution in [-0.4, -0.2) is 60.1 Å². The average Bonchev–Trinajstić information content (AvgIpc) is 2.36. The Hall–Kier alpha value is -1.83. The molecule has 116 valence electrons. The smallest absolute Gasteiger partial charge is 0.326 e. The molecule has 0 rings (SSSR count). The summed E-state index contributed by atoms with van der Waals surface area (Å²) < 4.78 is 0. The fourth-order valence-corrected chi connectivity index (χ4v) is 1.68. The van der Waals surface area contributed by atoms with Gasteiger partial charge in [0.05, 0.1) is 6.42 Å². The Balaban J connectivity index is 4.07. The van der Waals surface area contributed by atoms with Crippen LogP contribution in [0.5, 0.6) is 0 Å². The van der Waals surface area contributed by atoms with Gasteiger partial charge in [-0.1, -0.05) is 13.8 Å². The minimum Gasteiger partial charge on any atom is -0.480 e. The zero-order chi connectivity index (χ0) is 15.5. The summed E-state index contributed by atoms with van der Waals surface area (Å²) in [5.41, 5.74) is 4.92. The number of rotatable bonds is 10. The van der Waals surface area contributed by atoms with Crippen LogP contribution in [0.15, 0.2) is 0 Å². The van der Waals surface area contributed by atoms with Crippen molar-refractivity contribution in [2.75, 3.05) is 26.2 Å². The molecule has 0 spiro atoms. The lowest BCUT2D eigenvalue weighted by Crippen LogP contribution is -2.49. The number of nitrogens with two attached hydrogens (primary N) is 1. The molecule has 8 heteroatoms. The number of carboxylic acids is 1. The van der Waals surface area contributed by atoms with E-state index in [4.69, 9.17) is 10.8 Å². The third-order valence-corrected chi connectivity index (χ3v) is 2.71. The van der Waals surface area contributed by atoms with E-state index < -0.39 is 30.4 Å². The lowest BCUT2D eigenvalue weighted by atomic mass is 10.2. The second-order valence-corrected chi connectivity index (χ2v) is 4.40. The molecule has 0 bridgehead atoms. The van der Waals surface area contributed by atoms with Crippen LogP contribution in [0.2, 0.25) is 0 Å². The second-order valence-electron chi connectivity index (χ2n) is 4.40. The number of aliphatic carboxylic acids is 1. The van der Waals surface area contributed by atoms with Crippen molar-refractivity contribution >= 4 is 17.9 Å². The maximum atomic E-state index is 11.5. The molecule has 3 amide bonds. The van der Waals surface area contributed by atoms with Crippen LogP contribution >= 0.6 is 0 Å². The van der Waals surface area contributed by atoms with Crippen LogP contribution in [0.3, 0.4) is 0 Å². The number of nitrogens with one attached hydrogen (secondary N) is 2. The zero-order valence-electron chi connectivity index (χ0n) is 12.0. The first-order chi connectivity index (χ1) is 9.40. The first-order valence-electron chi connectivity index (χ1n) is 6.68. The number of likely N-dealkylation sites (N-methyl/N-ethyl adjacent to an activating group) is 1. The topological polar surface area (TPSA) is 125 Å². The van der Waals surface area contributed by atoms with Gasteiger partial charge < -0.3 is 26.4 Å². The molecule has 0 saturated carbocycles. The minimum atomic E-state index is -1.30. The molecule has 0 aliphatic rings. The molecule has 5 N–H and O–H groups in total. The predicted molar refractivity (Wildman–Crippen MR) is 74.2 cm³/mol. The molecule has 0 aliphatic heterocycles. The highest BCUT2D eigenvalue weighted by molar-refractivity contribution is 5.87. The van der Waals surface area contributed by atoms with Crippen molar-refractivity contribution in [3.05, 3.63) is 0 Å². The normalized spacial score (nSPS) is 11.9. The van der Waals surface area contributed by atoms with Gasteiger partial charge in [-0.3, -0.25) is 4.79 Å². The van der Waals surface area contributed by atoms with Gasteiger partial charge in [-0.15, -0.1) is 0 Å². The van der Waals surface area contributed by atoms with Crippen molar-refractivity contribution in [1.82, 2.24) is 15.5 Å². The van der Waals surface area contributed by atoms with Crippen molar-refractivity contribution < 1.29 is 19.5 Å². The fraction of sp³-hybridized carbons (Fsp3) is 0.750. The maximum absolute atomic E-state index is 11.5. The molecule has 0 fully saturated rings. The minimum absolute atomic E-state index is 0.405. The van der Waals surface area contributed by atoms with Crippen LogP contribution in [0.4, 0.5) is 4.79 Å². The molecule has 0 saturated heterocycles. The number of urea groups is 1. The summed E-state index contributed by atoms with van der Waals surface area (Å²) in [6.45, 7) is 7.02. The van der Waals surface area contributed by atoms with E-state index in [9.17, 15) is 14.4 Å². The van der Waals surface area contributed by atoms with Gasteiger partial charge in [-0.25, -0.2) is 9.59 Å². The number of hydrogen-bond donors (Lipinski definition) is 4. The van der Waals surface area contributed by atoms with E-state index in [2.05, 4.69) is 22.5 Å². The number of primary amides is 1. The Morgan fingerprint density at radius 1 is 1.25 bits per heavy atom. The molecule has 0 aliphatic carbocycles. The summed E-state index contributed by atoms with van der Waals surface area (Å²) in [4.78, 5) is 35.2. The van der Waals surface area contributed by atoms with Crippen LogP contribution in [-0.2, 0) is 9.59 Å². The summed E-state index contributed by atoms with van der Waals surface area (Å²) >= 11 is 0. The van der Waals surface area contributed by atoms with E-state index in [1.54, 1.807) is 0 Å². The Morgan fingerprint density at radius 3 is 2.35 bits per heavy atom. The highest BCUT2D eigenvalue weighted by atomic mass is 16.4. The molecular formula is C12H24N4O4. The molecule has 0 radical (unpaired) electrons. The lowest BCUT2D eigenvalue weighted by Gasteiger charge is -2.20. The summed E-state index contributed by atoms with van der Waals surface area (Å²) in [7, 11) is 0. The molecule has 1 atom stereocenters. The first-order valence-corrected chi connectivity index (χ1v) is 6.68. The van der Waals surface area contributed by atoms with Crippen LogP contribution < -0.4 is 16.4 Å². The van der Waals surface area contributed by atoms with E-state index in [0.717, 1.165) is 19.5 Å². The van der Waals surface area contributed by atoms with Gasteiger partial charge in [-0.2, -0.15) is 0 Å². The monoisotopic (exact) mass is 288 g/mol. The van der Waals surface area contributed by atoms with Crippen LogP contribution in [0, 0.1) is 0 Å². The predicted octanol–water partition coefficient (Wildman–Crippen LogP) is -0.654. The lowest BCUT2D eigenvalue weighted by molar-refractivity contribution is -0.140. The number of carbonyl (C=O) groups excluding carboxylic acids is 2. The summed E-state index contributed by atoms with van der Waals surface area (Å²) in [5, 5.41) is 13.6. The maximum Gasteiger partial charge on any atom is 0.326 e. The van der Waals surface area contributed by atoms with Crippen molar-refractivity contribution in [3.8, 4) is 0 Å². The summed E-state index contributed by atoms with van der Waals surface area (Å²) in [6.07, 6.45) is 0.597. The van der Waals surface area contributed by atoms with Gasteiger partial charge in [0.1, 0.15) is 6.04 Å². The van der Waals surface area contributed by atoms with E-state index in [-0.39, 0.29) is 0 Å². The van der Waals surface area contributed by atoms with Gasteiger partial charge in [0.25, 0.3) is 0 Å². The number of carboxylic acid groups (broad SMARTS) is 1. The zero-order valence-corrected chi connectivity index (χ0v) is 12.0. The first kappa shape index (κ1) is 18.2. The fourth-order valence-electron chi connectivity index (χ4n) is 1.68. The van der Waals surface area contributed by atoms with E-state index in [1.807, 2.05) is 6.92 Å². The van der Waals surface area contributed by atoms with Crippen LogP contribution in [0.25, 0.3) is 0 Å².